The minimum atomic E-state index is -1.11. The number of carboxylic acids is 2. The number of aromatic nitrogens is 2. The smallest absolute Gasteiger partial charge is 0.339 e. The van der Waals surface area contributed by atoms with Crippen LogP contribution < -0.4 is 0 Å². The van der Waals surface area contributed by atoms with Gasteiger partial charge in [-0.3, -0.25) is 0 Å². The Morgan fingerprint density at radius 3 is 2.38 bits per heavy atom. The van der Waals surface area contributed by atoms with E-state index in [1.165, 1.54) is 12.3 Å². The van der Waals surface area contributed by atoms with E-state index < -0.39 is 11.9 Å². The average Bonchev–Trinajstić information content (AvgIpc) is 2.53. The monoisotopic (exact) mass is 346 g/mol. The molecule has 0 aliphatic rings. The highest BCUT2D eigenvalue weighted by molar-refractivity contribution is 6.35. The van der Waals surface area contributed by atoms with E-state index in [2.05, 4.69) is 9.97 Å². The number of carboxylic acid groups (broad SMARTS) is 2. The number of rotatable bonds is 5. The van der Waals surface area contributed by atoms with E-state index in [4.69, 9.17) is 21.8 Å². The fourth-order valence-electron chi connectivity index (χ4n) is 2.10. The number of halogens is 1. The van der Waals surface area contributed by atoms with Crippen molar-refractivity contribution < 1.29 is 19.8 Å². The molecular weight excluding hydrogens is 332 g/mol. The molecule has 1 aromatic heterocycles. The second-order valence-corrected chi connectivity index (χ2v) is 5.71. The van der Waals surface area contributed by atoms with Gasteiger partial charge in [-0.1, -0.05) is 37.6 Å². The van der Waals surface area contributed by atoms with Gasteiger partial charge in [0.15, 0.2) is 5.82 Å². The van der Waals surface area contributed by atoms with Crippen molar-refractivity contribution in [1.29, 1.82) is 0 Å². The summed E-state index contributed by atoms with van der Waals surface area (Å²) in [5.41, 5.74) is 1.01. The highest BCUT2D eigenvalue weighted by atomic mass is 35.5. The van der Waals surface area contributed by atoms with Crippen molar-refractivity contribution in [3.63, 3.8) is 0 Å². The lowest BCUT2D eigenvalue weighted by Gasteiger charge is -2.08. The molecule has 0 saturated heterocycles. The topological polar surface area (TPSA) is 100 Å². The summed E-state index contributed by atoms with van der Waals surface area (Å²) >= 11 is 6.07. The molecule has 2 rings (SSSR count). The molecule has 0 spiro atoms. The Balaban J connectivity index is 2.40. The molecular formula is C17H15ClN2O4. The second-order valence-electron chi connectivity index (χ2n) is 5.33. The fourth-order valence-corrected chi connectivity index (χ4v) is 2.37. The third-order valence-electron chi connectivity index (χ3n) is 3.29. The lowest BCUT2D eigenvalue weighted by molar-refractivity contribution is 0.0684. The van der Waals surface area contributed by atoms with E-state index in [1.807, 2.05) is 13.8 Å². The van der Waals surface area contributed by atoms with Gasteiger partial charge in [-0.25, -0.2) is 19.6 Å². The van der Waals surface area contributed by atoms with E-state index in [-0.39, 0.29) is 22.1 Å². The van der Waals surface area contributed by atoms with Crippen molar-refractivity contribution in [3.8, 4) is 0 Å². The molecule has 0 amide bonds. The van der Waals surface area contributed by atoms with Crippen LogP contribution in [0.15, 0.2) is 24.4 Å². The maximum Gasteiger partial charge on any atom is 0.339 e. The zero-order valence-corrected chi connectivity index (χ0v) is 13.8. The minimum absolute atomic E-state index is 0.00355. The van der Waals surface area contributed by atoms with Crippen LogP contribution in [-0.2, 0) is 0 Å². The predicted octanol–water partition coefficient (Wildman–Crippen LogP) is 3.82. The largest absolute Gasteiger partial charge is 0.478 e. The van der Waals surface area contributed by atoms with Crippen molar-refractivity contribution in [2.45, 2.75) is 19.8 Å². The molecule has 6 nitrogen and oxygen atoms in total. The van der Waals surface area contributed by atoms with Crippen LogP contribution in [0.25, 0.3) is 12.2 Å². The van der Waals surface area contributed by atoms with Crippen molar-refractivity contribution >= 4 is 35.7 Å². The van der Waals surface area contributed by atoms with E-state index in [0.717, 1.165) is 0 Å². The lowest BCUT2D eigenvalue weighted by atomic mass is 10.1. The zero-order chi connectivity index (χ0) is 17.9. The number of benzene rings is 1. The highest BCUT2D eigenvalue weighted by Gasteiger charge is 2.15. The summed E-state index contributed by atoms with van der Waals surface area (Å²) in [4.78, 5) is 30.5. The Bertz CT molecular complexity index is 831. The third-order valence-corrected chi connectivity index (χ3v) is 3.71. The first kappa shape index (κ1) is 17.6. The molecule has 0 aliphatic carbocycles. The first-order chi connectivity index (χ1) is 11.3. The summed E-state index contributed by atoms with van der Waals surface area (Å²) in [5.74, 6) is -1.95. The average molecular weight is 347 g/mol. The van der Waals surface area contributed by atoms with Crippen LogP contribution in [0.1, 0.15) is 57.6 Å². The number of nitrogens with zero attached hydrogens (tertiary/aromatic N) is 2. The van der Waals surface area contributed by atoms with Crippen LogP contribution in [0, 0.1) is 0 Å². The Labute approximate surface area is 143 Å². The molecule has 1 aromatic carbocycles. The molecule has 0 saturated carbocycles. The van der Waals surface area contributed by atoms with Crippen LogP contribution in [0.4, 0.5) is 0 Å². The molecule has 0 bridgehead atoms. The molecule has 0 fully saturated rings. The first-order valence-electron chi connectivity index (χ1n) is 7.11. The second kappa shape index (κ2) is 7.23. The quantitative estimate of drug-likeness (QED) is 0.853. The summed E-state index contributed by atoms with van der Waals surface area (Å²) in [6, 6.07) is 4.67. The standard InChI is InChI=1S/C17H15ClN2O4/c1-9(2)15-12(17(23)24)8-19-13(20-15)7-6-10-4-3-5-11(14(10)18)16(21)22/h3-9H,1-2H3,(H,21,22)(H,23,24)/b7-6+. The normalized spacial score (nSPS) is 11.2. The fraction of sp³-hybridized carbons (Fsp3) is 0.176. The van der Waals surface area contributed by atoms with E-state index >= 15 is 0 Å². The van der Waals surface area contributed by atoms with E-state index in [0.29, 0.717) is 17.1 Å². The van der Waals surface area contributed by atoms with Crippen LogP contribution in [0.3, 0.4) is 0 Å². The van der Waals surface area contributed by atoms with Crippen molar-refractivity contribution in [3.05, 3.63) is 57.6 Å². The molecule has 0 unspecified atom stereocenters. The number of carbonyl (C=O) groups is 2. The van der Waals surface area contributed by atoms with Gasteiger partial charge >= 0.3 is 11.9 Å². The molecule has 2 N–H and O–H groups in total. The van der Waals surface area contributed by atoms with E-state index in [1.54, 1.807) is 24.3 Å². The van der Waals surface area contributed by atoms with Crippen molar-refractivity contribution in [2.75, 3.05) is 0 Å². The maximum atomic E-state index is 11.2. The van der Waals surface area contributed by atoms with Gasteiger partial charge in [0.05, 0.1) is 21.8 Å². The van der Waals surface area contributed by atoms with Gasteiger partial charge in [0.25, 0.3) is 0 Å². The molecule has 0 atom stereocenters. The summed E-state index contributed by atoms with van der Waals surface area (Å²) in [6.07, 6.45) is 4.42. The zero-order valence-electron chi connectivity index (χ0n) is 13.0. The highest BCUT2D eigenvalue weighted by Crippen LogP contribution is 2.23. The molecule has 7 heteroatoms. The molecule has 124 valence electrons. The Morgan fingerprint density at radius 2 is 1.79 bits per heavy atom. The third kappa shape index (κ3) is 3.78. The summed E-state index contributed by atoms with van der Waals surface area (Å²) in [6.45, 7) is 3.69. The van der Waals surface area contributed by atoms with Crippen LogP contribution in [0.2, 0.25) is 5.02 Å². The Kier molecular flexibility index (Phi) is 5.31. The van der Waals surface area contributed by atoms with Crippen LogP contribution >= 0.6 is 11.6 Å². The summed E-state index contributed by atoms with van der Waals surface area (Å²) in [7, 11) is 0. The van der Waals surface area contributed by atoms with Crippen LogP contribution in [0.5, 0.6) is 0 Å². The first-order valence-corrected chi connectivity index (χ1v) is 7.49. The Morgan fingerprint density at radius 1 is 1.12 bits per heavy atom. The minimum Gasteiger partial charge on any atom is -0.478 e. The van der Waals surface area contributed by atoms with Crippen molar-refractivity contribution in [2.24, 2.45) is 0 Å². The summed E-state index contributed by atoms with van der Waals surface area (Å²) < 4.78 is 0. The molecule has 0 aliphatic heterocycles. The maximum absolute atomic E-state index is 11.2. The van der Waals surface area contributed by atoms with Gasteiger partial charge in [0.1, 0.15) is 0 Å². The van der Waals surface area contributed by atoms with Gasteiger partial charge in [-0.15, -0.1) is 0 Å². The number of hydrogen-bond donors (Lipinski definition) is 2. The number of hydrogen-bond acceptors (Lipinski definition) is 4. The van der Waals surface area contributed by atoms with Gasteiger partial charge < -0.3 is 10.2 Å². The van der Waals surface area contributed by atoms with Crippen LogP contribution in [-0.4, -0.2) is 32.1 Å². The van der Waals surface area contributed by atoms with Gasteiger partial charge in [-0.2, -0.15) is 0 Å². The van der Waals surface area contributed by atoms with Gasteiger partial charge in [0.2, 0.25) is 0 Å². The van der Waals surface area contributed by atoms with Crippen molar-refractivity contribution in [1.82, 2.24) is 9.97 Å². The van der Waals surface area contributed by atoms with Gasteiger partial charge in [-0.05, 0) is 29.7 Å². The van der Waals surface area contributed by atoms with Gasteiger partial charge in [0, 0.05) is 6.20 Å². The summed E-state index contributed by atoms with van der Waals surface area (Å²) in [5, 5.41) is 18.3. The predicted molar refractivity (Wildman–Crippen MR) is 90.4 cm³/mol. The molecule has 1 heterocycles. The Hall–Kier alpha value is -2.73. The van der Waals surface area contributed by atoms with E-state index in [9.17, 15) is 9.59 Å². The SMILES string of the molecule is CC(C)c1nc(/C=C/c2cccc(C(=O)O)c2Cl)ncc1C(=O)O. The molecule has 24 heavy (non-hydrogen) atoms. The molecule has 0 radical (unpaired) electrons. The molecule has 2 aromatic rings. The lowest BCUT2D eigenvalue weighted by Crippen LogP contribution is -2.08. The number of aromatic carboxylic acids is 2.